The van der Waals surface area contributed by atoms with Gasteiger partial charge in [0.15, 0.2) is 0 Å². The number of aromatic nitrogens is 2. The first-order valence-electron chi connectivity index (χ1n) is 6.66. The molecule has 0 saturated heterocycles. The van der Waals surface area contributed by atoms with E-state index in [1.54, 1.807) is 11.3 Å². The molecule has 2 aromatic heterocycles. The Morgan fingerprint density at radius 2 is 1.85 bits per heavy atom. The van der Waals surface area contributed by atoms with Gasteiger partial charge in [0, 0.05) is 11.4 Å². The van der Waals surface area contributed by atoms with Crippen molar-refractivity contribution >= 4 is 22.4 Å². The fourth-order valence-corrected chi connectivity index (χ4v) is 3.25. The van der Waals surface area contributed by atoms with E-state index in [4.69, 9.17) is 5.41 Å². The number of nitrogens with zero attached hydrogens (tertiary/aromatic N) is 2. The van der Waals surface area contributed by atoms with Crippen molar-refractivity contribution in [3.63, 3.8) is 0 Å². The van der Waals surface area contributed by atoms with Crippen LogP contribution in [0, 0.1) is 5.41 Å². The molecule has 104 valence electrons. The Kier molecular flexibility index (Phi) is 3.46. The number of benzene rings is 1. The van der Waals surface area contributed by atoms with Crippen molar-refractivity contribution in [1.29, 1.82) is 5.41 Å². The minimum atomic E-state index is -0.569. The lowest BCUT2D eigenvalue weighted by Gasteiger charge is -2.10. The molecular weight excluding hydrogens is 270 g/mol. The van der Waals surface area contributed by atoms with Crippen LogP contribution in [0.3, 0.4) is 0 Å². The number of rotatable bonds is 4. The highest BCUT2D eigenvalue weighted by Crippen LogP contribution is 2.22. The second-order valence-electron chi connectivity index (χ2n) is 4.70. The number of aliphatic hydroxyl groups is 1. The maximum absolute atomic E-state index is 10.3. The van der Waals surface area contributed by atoms with Gasteiger partial charge in [0.05, 0.1) is 17.6 Å². The van der Waals surface area contributed by atoms with E-state index in [2.05, 4.69) is 0 Å². The molecule has 1 atom stereocenters. The highest BCUT2D eigenvalue weighted by Gasteiger charge is 2.14. The van der Waals surface area contributed by atoms with Crippen molar-refractivity contribution in [2.75, 3.05) is 0 Å². The normalized spacial score (nSPS) is 12.9. The molecule has 5 heteroatoms. The van der Waals surface area contributed by atoms with Crippen LogP contribution in [0.15, 0.2) is 41.8 Å². The maximum Gasteiger partial charge on any atom is 0.203 e. The predicted molar refractivity (Wildman–Crippen MR) is 80.7 cm³/mol. The molecule has 3 aromatic rings. The number of imidazole rings is 1. The number of para-hydroxylation sites is 2. The minimum absolute atomic E-state index is 0.410. The fraction of sp³-hybridized carbons (Fsp3) is 0.267. The summed E-state index contributed by atoms with van der Waals surface area (Å²) < 4.78 is 3.83. The van der Waals surface area contributed by atoms with E-state index in [1.165, 1.54) is 0 Å². The summed E-state index contributed by atoms with van der Waals surface area (Å²) in [6.07, 6.45) is -0.569. The van der Waals surface area contributed by atoms with Crippen molar-refractivity contribution in [3.05, 3.63) is 52.3 Å². The number of hydrogen-bond donors (Lipinski definition) is 2. The van der Waals surface area contributed by atoms with Crippen LogP contribution < -0.4 is 5.62 Å². The van der Waals surface area contributed by atoms with E-state index < -0.39 is 6.10 Å². The van der Waals surface area contributed by atoms with Gasteiger partial charge in [-0.3, -0.25) is 5.41 Å². The van der Waals surface area contributed by atoms with Crippen LogP contribution in [-0.2, 0) is 13.1 Å². The second-order valence-corrected chi connectivity index (χ2v) is 5.68. The molecule has 0 bridgehead atoms. The summed E-state index contributed by atoms with van der Waals surface area (Å²) in [6, 6.07) is 11.8. The van der Waals surface area contributed by atoms with Gasteiger partial charge < -0.3 is 14.2 Å². The molecule has 3 rings (SSSR count). The van der Waals surface area contributed by atoms with Gasteiger partial charge >= 0.3 is 0 Å². The monoisotopic (exact) mass is 287 g/mol. The van der Waals surface area contributed by atoms with Crippen molar-refractivity contribution in [3.8, 4) is 0 Å². The average Bonchev–Trinajstić information content (AvgIpc) is 3.07. The van der Waals surface area contributed by atoms with Crippen molar-refractivity contribution in [2.45, 2.75) is 26.1 Å². The van der Waals surface area contributed by atoms with Crippen LogP contribution in [0.4, 0.5) is 0 Å². The third-order valence-corrected chi connectivity index (χ3v) is 4.49. The Labute approximate surface area is 121 Å². The molecule has 0 saturated carbocycles. The number of thiophene rings is 1. The van der Waals surface area contributed by atoms with E-state index >= 15 is 0 Å². The first-order chi connectivity index (χ1) is 9.72. The largest absolute Gasteiger partial charge is 0.386 e. The van der Waals surface area contributed by atoms with Crippen LogP contribution in [0.5, 0.6) is 0 Å². The number of aryl methyl sites for hydroxylation is 1. The lowest BCUT2D eigenvalue weighted by atomic mass is 10.2. The summed E-state index contributed by atoms with van der Waals surface area (Å²) in [7, 11) is 0. The highest BCUT2D eigenvalue weighted by atomic mass is 32.1. The molecule has 2 heterocycles. The van der Waals surface area contributed by atoms with Gasteiger partial charge in [-0.1, -0.05) is 18.2 Å². The second kappa shape index (κ2) is 5.26. The number of fused-ring (bicyclic) bond motifs is 1. The summed E-state index contributed by atoms with van der Waals surface area (Å²) in [5.74, 6) is 0. The molecule has 20 heavy (non-hydrogen) atoms. The summed E-state index contributed by atoms with van der Waals surface area (Å²) >= 11 is 1.54. The Balaban J connectivity index is 2.08. The van der Waals surface area contributed by atoms with E-state index in [-0.39, 0.29) is 0 Å². The highest BCUT2D eigenvalue weighted by molar-refractivity contribution is 7.10. The first kappa shape index (κ1) is 13.1. The number of aliphatic hydroxyl groups excluding tert-OH is 1. The number of hydrogen-bond acceptors (Lipinski definition) is 3. The summed E-state index contributed by atoms with van der Waals surface area (Å²) in [4.78, 5) is 0.935. The van der Waals surface area contributed by atoms with Gasteiger partial charge in [-0.25, -0.2) is 0 Å². The Hall–Kier alpha value is -1.85. The van der Waals surface area contributed by atoms with E-state index in [1.807, 2.05) is 57.8 Å². The summed E-state index contributed by atoms with van der Waals surface area (Å²) in [5.41, 5.74) is 2.47. The molecule has 0 aliphatic heterocycles. The van der Waals surface area contributed by atoms with Crippen molar-refractivity contribution in [1.82, 2.24) is 9.13 Å². The first-order valence-corrected chi connectivity index (χ1v) is 7.54. The van der Waals surface area contributed by atoms with Crippen molar-refractivity contribution < 1.29 is 5.11 Å². The van der Waals surface area contributed by atoms with Crippen LogP contribution in [0.2, 0.25) is 0 Å². The molecule has 0 aliphatic rings. The Bertz CT molecular complexity index is 770. The molecular formula is C15H17N3OS. The Morgan fingerprint density at radius 1 is 1.15 bits per heavy atom. The number of nitrogens with one attached hydrogen (secondary N) is 1. The third kappa shape index (κ3) is 2.09. The van der Waals surface area contributed by atoms with E-state index in [0.717, 1.165) is 22.5 Å². The van der Waals surface area contributed by atoms with Gasteiger partial charge in [0.25, 0.3) is 0 Å². The average molecular weight is 287 g/mol. The quantitative estimate of drug-likeness (QED) is 0.761. The molecule has 0 aliphatic carbocycles. The predicted octanol–water partition coefficient (Wildman–Crippen LogP) is 2.74. The maximum atomic E-state index is 10.3. The molecule has 0 amide bonds. The van der Waals surface area contributed by atoms with E-state index in [9.17, 15) is 5.11 Å². The lowest BCUT2D eigenvalue weighted by Crippen LogP contribution is -2.26. The molecule has 4 nitrogen and oxygen atoms in total. The summed E-state index contributed by atoms with van der Waals surface area (Å²) in [5, 5.41) is 20.6. The molecule has 1 aromatic carbocycles. The zero-order valence-corrected chi connectivity index (χ0v) is 12.1. The third-order valence-electron chi connectivity index (χ3n) is 3.52. The van der Waals surface area contributed by atoms with Crippen LogP contribution in [-0.4, -0.2) is 14.2 Å². The van der Waals surface area contributed by atoms with Gasteiger partial charge in [0.2, 0.25) is 5.62 Å². The SMILES string of the molecule is CCn1c(=N)n(C[C@@H](O)c2cccs2)c2ccccc21. The fourth-order valence-electron chi connectivity index (χ4n) is 2.54. The smallest absolute Gasteiger partial charge is 0.203 e. The van der Waals surface area contributed by atoms with Gasteiger partial charge in [-0.2, -0.15) is 0 Å². The topological polar surface area (TPSA) is 53.9 Å². The molecule has 0 fully saturated rings. The summed E-state index contributed by atoms with van der Waals surface area (Å²) in [6.45, 7) is 3.19. The van der Waals surface area contributed by atoms with Crippen molar-refractivity contribution in [2.24, 2.45) is 0 Å². The van der Waals surface area contributed by atoms with Crippen LogP contribution >= 0.6 is 11.3 Å². The molecule has 2 N–H and O–H groups in total. The van der Waals surface area contributed by atoms with Crippen LogP contribution in [0.1, 0.15) is 17.9 Å². The molecule has 0 spiro atoms. The zero-order valence-electron chi connectivity index (χ0n) is 11.3. The van der Waals surface area contributed by atoms with E-state index in [0.29, 0.717) is 12.2 Å². The molecule has 0 radical (unpaired) electrons. The van der Waals surface area contributed by atoms with Crippen LogP contribution in [0.25, 0.3) is 11.0 Å². The Morgan fingerprint density at radius 3 is 2.45 bits per heavy atom. The zero-order chi connectivity index (χ0) is 14.1. The van der Waals surface area contributed by atoms with Gasteiger partial charge in [-0.15, -0.1) is 11.3 Å². The minimum Gasteiger partial charge on any atom is -0.386 e. The standard InChI is InChI=1S/C15H17N3OS/c1-2-17-11-6-3-4-7-12(11)18(15(17)16)10-13(19)14-8-5-9-20-14/h3-9,13,16,19H,2,10H2,1H3/t13-/m1/s1. The lowest BCUT2D eigenvalue weighted by molar-refractivity contribution is 0.159. The van der Waals surface area contributed by atoms with Gasteiger partial charge in [0.1, 0.15) is 6.10 Å². The van der Waals surface area contributed by atoms with Gasteiger partial charge in [-0.05, 0) is 30.5 Å². The molecule has 0 unspecified atom stereocenters.